The molecule has 1 N–H and O–H groups in total. The summed E-state index contributed by atoms with van der Waals surface area (Å²) in [5, 5.41) is 12.6. The molecule has 3 aromatic rings. The van der Waals surface area contributed by atoms with Crippen LogP contribution in [0, 0.1) is 5.92 Å². The van der Waals surface area contributed by atoms with Crippen LogP contribution in [0.3, 0.4) is 0 Å². The molecule has 0 bridgehead atoms. The Balaban J connectivity index is 1.42. The third kappa shape index (κ3) is 6.15. The van der Waals surface area contributed by atoms with E-state index in [-0.39, 0.29) is 11.6 Å². The fraction of sp³-hybridized carbons (Fsp3) is 0.440. The summed E-state index contributed by atoms with van der Waals surface area (Å²) in [6.07, 6.45) is 2.89. The van der Waals surface area contributed by atoms with Gasteiger partial charge in [0.1, 0.15) is 5.75 Å². The summed E-state index contributed by atoms with van der Waals surface area (Å²) in [6, 6.07) is 9.59. The van der Waals surface area contributed by atoms with Gasteiger partial charge >= 0.3 is 6.36 Å². The van der Waals surface area contributed by atoms with Gasteiger partial charge in [0.15, 0.2) is 0 Å². The van der Waals surface area contributed by atoms with Crippen LogP contribution in [-0.4, -0.2) is 41.1 Å². The topological polar surface area (TPSA) is 37.6 Å². The third-order valence-corrected chi connectivity index (χ3v) is 6.70. The van der Waals surface area contributed by atoms with E-state index in [1.54, 1.807) is 16.7 Å². The molecule has 0 atom stereocenters. The minimum absolute atomic E-state index is 0.0449. The lowest BCUT2D eigenvalue weighted by atomic mass is 9.91. The van der Waals surface area contributed by atoms with Crippen molar-refractivity contribution in [2.45, 2.75) is 45.0 Å². The molecule has 4 rings (SSSR count). The van der Waals surface area contributed by atoms with Gasteiger partial charge in [-0.15, -0.1) is 13.2 Å². The summed E-state index contributed by atoms with van der Waals surface area (Å²) in [5.74, 6) is 0.558. The lowest BCUT2D eigenvalue weighted by Gasteiger charge is -2.28. The van der Waals surface area contributed by atoms with Gasteiger partial charge in [0, 0.05) is 11.6 Å². The van der Waals surface area contributed by atoms with E-state index < -0.39 is 6.36 Å². The molecule has 0 amide bonds. The zero-order valence-corrected chi connectivity index (χ0v) is 19.3. The smallest absolute Gasteiger partial charge is 0.494 e. The van der Waals surface area contributed by atoms with Crippen molar-refractivity contribution in [3.63, 3.8) is 0 Å². The minimum atomic E-state index is -4.72. The first-order valence-corrected chi connectivity index (χ1v) is 11.6. The monoisotopic (exact) mass is 480 g/mol. The third-order valence-electron chi connectivity index (χ3n) is 6.40. The Morgan fingerprint density at radius 2 is 1.79 bits per heavy atom. The number of aromatic nitrogens is 1. The Kier molecular flexibility index (Phi) is 7.10. The summed E-state index contributed by atoms with van der Waals surface area (Å²) in [7, 11) is 2.17. The van der Waals surface area contributed by atoms with Crippen LogP contribution in [0.15, 0.2) is 42.6 Å². The lowest BCUT2D eigenvalue weighted by molar-refractivity contribution is -0.274. The van der Waals surface area contributed by atoms with Gasteiger partial charge in [-0.3, -0.25) is 0 Å². The van der Waals surface area contributed by atoms with Crippen LogP contribution in [0.4, 0.5) is 13.2 Å². The van der Waals surface area contributed by atoms with Crippen LogP contribution in [0.2, 0.25) is 5.02 Å². The predicted molar refractivity (Wildman–Crippen MR) is 124 cm³/mol. The van der Waals surface area contributed by atoms with Crippen LogP contribution in [0.5, 0.6) is 11.6 Å². The van der Waals surface area contributed by atoms with Crippen LogP contribution in [0.1, 0.15) is 36.8 Å². The maximum Gasteiger partial charge on any atom is 0.573 e. The van der Waals surface area contributed by atoms with E-state index in [9.17, 15) is 18.3 Å². The average molecular weight is 481 g/mol. The quantitative estimate of drug-likeness (QED) is 0.413. The molecule has 0 spiro atoms. The van der Waals surface area contributed by atoms with Crippen molar-refractivity contribution in [3.05, 3.63) is 58.7 Å². The average Bonchev–Trinajstić information content (AvgIpc) is 3.05. The van der Waals surface area contributed by atoms with Crippen molar-refractivity contribution in [3.8, 4) is 11.6 Å². The molecule has 33 heavy (non-hydrogen) atoms. The number of alkyl halides is 3. The van der Waals surface area contributed by atoms with Crippen LogP contribution in [-0.2, 0) is 13.0 Å². The highest BCUT2D eigenvalue weighted by Gasteiger charge is 2.31. The van der Waals surface area contributed by atoms with Crippen molar-refractivity contribution in [2.75, 3.05) is 20.1 Å². The van der Waals surface area contributed by atoms with Crippen molar-refractivity contribution >= 4 is 22.4 Å². The molecule has 0 radical (unpaired) electrons. The minimum Gasteiger partial charge on any atom is -0.494 e. The van der Waals surface area contributed by atoms with Gasteiger partial charge < -0.3 is 19.3 Å². The van der Waals surface area contributed by atoms with Crippen molar-refractivity contribution < 1.29 is 23.0 Å². The number of nitrogens with zero attached hydrogens (tertiary/aromatic N) is 2. The number of halogens is 4. The number of hydrogen-bond acceptors (Lipinski definition) is 3. The van der Waals surface area contributed by atoms with E-state index in [4.69, 9.17) is 11.6 Å². The second-order valence-electron chi connectivity index (χ2n) is 8.95. The van der Waals surface area contributed by atoms with Crippen molar-refractivity contribution in [1.29, 1.82) is 0 Å². The molecular weight excluding hydrogens is 453 g/mol. The van der Waals surface area contributed by atoms with Gasteiger partial charge in [0.05, 0.1) is 17.0 Å². The molecule has 1 fully saturated rings. The van der Waals surface area contributed by atoms with Gasteiger partial charge in [-0.2, -0.15) is 0 Å². The molecule has 0 unspecified atom stereocenters. The Bertz CT molecular complexity index is 1090. The molecule has 2 aromatic carbocycles. The molecule has 0 saturated carbocycles. The second kappa shape index (κ2) is 9.85. The molecule has 178 valence electrons. The van der Waals surface area contributed by atoms with E-state index in [0.717, 1.165) is 35.3 Å². The summed E-state index contributed by atoms with van der Waals surface area (Å²) >= 11 is 6.51. The first-order chi connectivity index (χ1) is 15.7. The zero-order chi connectivity index (χ0) is 23.6. The van der Waals surface area contributed by atoms with E-state index >= 15 is 0 Å². The fourth-order valence-corrected chi connectivity index (χ4v) is 4.93. The highest BCUT2D eigenvalue weighted by Crippen LogP contribution is 2.36. The largest absolute Gasteiger partial charge is 0.573 e. The van der Waals surface area contributed by atoms with Crippen molar-refractivity contribution in [1.82, 2.24) is 9.47 Å². The maximum absolute atomic E-state index is 12.3. The first-order valence-electron chi connectivity index (χ1n) is 11.2. The number of likely N-dealkylation sites (tertiary alicyclic amines) is 1. The molecule has 4 nitrogen and oxygen atoms in total. The summed E-state index contributed by atoms with van der Waals surface area (Å²) in [5.41, 5.74) is 1.88. The van der Waals surface area contributed by atoms with Crippen LogP contribution >= 0.6 is 11.6 Å². The van der Waals surface area contributed by atoms with E-state index in [0.29, 0.717) is 17.0 Å². The number of ether oxygens (including phenoxy) is 1. The molecule has 2 heterocycles. The maximum atomic E-state index is 12.3. The predicted octanol–water partition coefficient (Wildman–Crippen LogP) is 6.61. The zero-order valence-electron chi connectivity index (χ0n) is 18.5. The number of aromatic hydroxyl groups is 1. The fourth-order valence-electron chi connectivity index (χ4n) is 4.60. The molecule has 1 aliphatic rings. The molecule has 1 aliphatic heterocycles. The van der Waals surface area contributed by atoms with Gasteiger partial charge in [-0.25, -0.2) is 0 Å². The highest BCUT2D eigenvalue weighted by atomic mass is 35.5. The van der Waals surface area contributed by atoms with Gasteiger partial charge in [0.2, 0.25) is 5.88 Å². The molecular formula is C25H28ClF3N2O2. The second-order valence-corrected chi connectivity index (χ2v) is 9.36. The Labute approximate surface area is 196 Å². The summed E-state index contributed by atoms with van der Waals surface area (Å²) in [4.78, 5) is 2.38. The Morgan fingerprint density at radius 1 is 1.09 bits per heavy atom. The van der Waals surface area contributed by atoms with Gasteiger partial charge in [-0.1, -0.05) is 30.2 Å². The van der Waals surface area contributed by atoms with Crippen molar-refractivity contribution in [2.24, 2.45) is 5.92 Å². The molecule has 0 aliphatic carbocycles. The van der Waals surface area contributed by atoms with Crippen LogP contribution in [0.25, 0.3) is 10.8 Å². The SMILES string of the molecule is CN1CCC(CCCc2cc(Cl)c3c(O)n(Cc4ccc(OC(F)(F)F)cc4)cc3c2)CC1. The highest BCUT2D eigenvalue weighted by molar-refractivity contribution is 6.36. The summed E-state index contributed by atoms with van der Waals surface area (Å²) in [6.45, 7) is 2.65. The molecule has 8 heteroatoms. The standard InChI is InChI=1S/C25H28ClF3N2O2/c1-30-11-9-17(10-12-30)3-2-4-19-13-20-16-31(24(32)23(20)22(26)14-19)15-18-5-7-21(8-6-18)33-25(27,28)29/h5-8,13-14,16-17,32H,2-4,9-12,15H2,1H3. The summed E-state index contributed by atoms with van der Waals surface area (Å²) < 4.78 is 42.6. The van der Waals surface area contributed by atoms with Gasteiger partial charge in [0.25, 0.3) is 0 Å². The number of benzene rings is 2. The molecule has 1 aromatic heterocycles. The Hall–Kier alpha value is -2.38. The number of rotatable bonds is 7. The first kappa shape index (κ1) is 23.8. The molecule has 1 saturated heterocycles. The lowest BCUT2D eigenvalue weighted by Crippen LogP contribution is -2.30. The number of aryl methyl sites for hydroxylation is 1. The normalized spacial score (nSPS) is 15.9. The number of fused-ring (bicyclic) bond motifs is 1. The number of hydrogen-bond donors (Lipinski definition) is 1. The van der Waals surface area contributed by atoms with E-state index in [1.165, 1.54) is 44.5 Å². The van der Waals surface area contributed by atoms with Gasteiger partial charge in [-0.05, 0) is 87.1 Å². The number of piperidine rings is 1. The van der Waals surface area contributed by atoms with E-state index in [2.05, 4.69) is 22.8 Å². The van der Waals surface area contributed by atoms with Crippen LogP contribution < -0.4 is 4.74 Å². The Morgan fingerprint density at radius 3 is 2.45 bits per heavy atom. The van der Waals surface area contributed by atoms with E-state index in [1.807, 2.05) is 12.3 Å².